The number of aromatic nitrogens is 1. The average molecular weight is 513 g/mol. The number of aryl methyl sites for hydroxylation is 1. The van der Waals surface area contributed by atoms with Gasteiger partial charge in [0.2, 0.25) is 11.2 Å². The van der Waals surface area contributed by atoms with E-state index in [1.807, 2.05) is 12.1 Å². The summed E-state index contributed by atoms with van der Waals surface area (Å²) in [5, 5.41) is 41.3. The molecule has 0 aliphatic carbocycles. The molecule has 5 aromatic rings. The fourth-order valence-corrected chi connectivity index (χ4v) is 5.00. The lowest BCUT2D eigenvalue weighted by Crippen LogP contribution is -2.29. The Bertz CT molecular complexity index is 1950. The van der Waals surface area contributed by atoms with E-state index in [0.29, 0.717) is 5.52 Å². The highest BCUT2D eigenvalue weighted by molar-refractivity contribution is 5.94. The Morgan fingerprint density at radius 2 is 1.66 bits per heavy atom. The number of carbonyl (C=O) groups is 1. The lowest BCUT2D eigenvalue weighted by Gasteiger charge is -2.26. The van der Waals surface area contributed by atoms with Crippen molar-refractivity contribution in [2.75, 3.05) is 0 Å². The Hall–Kier alpha value is -5.25. The summed E-state index contributed by atoms with van der Waals surface area (Å²) in [5.74, 6) is -4.40. The Labute approximate surface area is 212 Å². The monoisotopic (exact) mass is 513 g/mol. The topological polar surface area (TPSA) is 159 Å². The third kappa shape index (κ3) is 3.30. The molecule has 190 valence electrons. The molecule has 1 atom stereocenters. The first-order chi connectivity index (χ1) is 18.2. The lowest BCUT2D eigenvalue weighted by molar-refractivity contribution is -0.135. The van der Waals surface area contributed by atoms with Crippen molar-refractivity contribution in [1.82, 2.24) is 4.57 Å². The van der Waals surface area contributed by atoms with Gasteiger partial charge < -0.3 is 34.1 Å². The van der Waals surface area contributed by atoms with Crippen LogP contribution in [0.3, 0.4) is 0 Å². The number of phenolic OH excluding ortho intramolecular Hbond substituents is 3. The minimum atomic E-state index is -0.976. The van der Waals surface area contributed by atoms with E-state index in [1.54, 1.807) is 25.2 Å². The molecular weight excluding hydrogens is 494 g/mol. The SMILES string of the molecule is Cn1c(=O)c([C@@H]2CC(=O)Oc3cc(O)c4c(=O)c(O)c(-c5ccc(O)c(O)c5)oc4c32)cc2ccccc21. The van der Waals surface area contributed by atoms with Gasteiger partial charge in [-0.05, 0) is 35.7 Å². The highest BCUT2D eigenvalue weighted by Crippen LogP contribution is 2.47. The summed E-state index contributed by atoms with van der Waals surface area (Å²) in [6.07, 6.45) is -0.250. The Kier molecular flexibility index (Phi) is 4.96. The molecule has 0 unspecified atom stereocenters. The number of ether oxygens (including phenoxy) is 1. The van der Waals surface area contributed by atoms with E-state index in [-0.39, 0.29) is 51.1 Å². The molecule has 10 nitrogen and oxygen atoms in total. The molecule has 0 saturated carbocycles. The molecule has 3 aromatic carbocycles. The van der Waals surface area contributed by atoms with Gasteiger partial charge in [0, 0.05) is 35.7 Å². The maximum Gasteiger partial charge on any atom is 0.312 e. The highest BCUT2D eigenvalue weighted by Gasteiger charge is 2.36. The van der Waals surface area contributed by atoms with Crippen LogP contribution in [0.5, 0.6) is 28.7 Å². The van der Waals surface area contributed by atoms with Crippen LogP contribution in [0.25, 0.3) is 33.2 Å². The van der Waals surface area contributed by atoms with Crippen molar-refractivity contribution in [3.05, 3.63) is 86.3 Å². The van der Waals surface area contributed by atoms with Gasteiger partial charge in [0.05, 0.1) is 11.9 Å². The van der Waals surface area contributed by atoms with E-state index in [4.69, 9.17) is 9.15 Å². The molecule has 0 amide bonds. The third-order valence-corrected chi connectivity index (χ3v) is 6.84. The lowest BCUT2D eigenvalue weighted by atomic mass is 9.85. The quantitative estimate of drug-likeness (QED) is 0.157. The number of hydrogen-bond donors (Lipinski definition) is 4. The van der Waals surface area contributed by atoms with Crippen LogP contribution in [0, 0.1) is 0 Å². The molecule has 2 aromatic heterocycles. The Morgan fingerprint density at radius 3 is 2.42 bits per heavy atom. The van der Waals surface area contributed by atoms with Crippen LogP contribution in [0.15, 0.2) is 68.6 Å². The maximum atomic E-state index is 13.5. The number of fused-ring (bicyclic) bond motifs is 4. The first kappa shape index (κ1) is 23.2. The van der Waals surface area contributed by atoms with Gasteiger partial charge in [-0.1, -0.05) is 18.2 Å². The summed E-state index contributed by atoms with van der Waals surface area (Å²) in [6, 6.07) is 13.5. The van der Waals surface area contributed by atoms with Crippen molar-refractivity contribution in [3.8, 4) is 40.1 Å². The second kappa shape index (κ2) is 8.13. The van der Waals surface area contributed by atoms with Crippen LogP contribution in [-0.4, -0.2) is 31.0 Å². The molecule has 3 heterocycles. The van der Waals surface area contributed by atoms with Crippen LogP contribution in [0.2, 0.25) is 0 Å². The van der Waals surface area contributed by atoms with E-state index < -0.39 is 40.3 Å². The number of para-hydroxylation sites is 1. The summed E-state index contributed by atoms with van der Waals surface area (Å²) < 4.78 is 12.8. The number of rotatable bonds is 2. The van der Waals surface area contributed by atoms with Gasteiger partial charge in [-0.3, -0.25) is 14.4 Å². The first-order valence-corrected chi connectivity index (χ1v) is 11.5. The number of hydrogen-bond acceptors (Lipinski definition) is 9. The minimum absolute atomic E-state index is 0.0554. The standard InChI is InChI=1S/C28H19NO9/c1-29-16-5-3-2-4-12(16)8-15(28(29)36)14-10-21(33)37-20-11-19(32)23-24(34)25(35)26(38-27(23)22(14)20)13-6-7-17(30)18(31)9-13/h2-9,11,14,30-32,35H,10H2,1H3/t14-/m0/s1. The van der Waals surface area contributed by atoms with Crippen molar-refractivity contribution < 1.29 is 34.4 Å². The van der Waals surface area contributed by atoms with E-state index in [9.17, 15) is 34.8 Å². The summed E-state index contributed by atoms with van der Waals surface area (Å²) in [4.78, 5) is 39.3. The van der Waals surface area contributed by atoms with Gasteiger partial charge in [-0.15, -0.1) is 0 Å². The molecule has 0 fully saturated rings. The molecular formula is C28H19NO9. The molecule has 0 bridgehead atoms. The molecule has 38 heavy (non-hydrogen) atoms. The number of benzene rings is 3. The Balaban J connectivity index is 1.71. The zero-order valence-corrected chi connectivity index (χ0v) is 19.8. The number of phenols is 3. The van der Waals surface area contributed by atoms with Gasteiger partial charge in [0.25, 0.3) is 5.56 Å². The molecule has 10 heteroatoms. The Morgan fingerprint density at radius 1 is 0.895 bits per heavy atom. The highest BCUT2D eigenvalue weighted by atomic mass is 16.5. The maximum absolute atomic E-state index is 13.5. The molecule has 0 spiro atoms. The van der Waals surface area contributed by atoms with Gasteiger partial charge in [0.1, 0.15) is 22.5 Å². The van der Waals surface area contributed by atoms with E-state index in [1.165, 1.54) is 10.6 Å². The first-order valence-electron chi connectivity index (χ1n) is 11.5. The number of esters is 1. The van der Waals surface area contributed by atoms with E-state index in [2.05, 4.69) is 0 Å². The summed E-state index contributed by atoms with van der Waals surface area (Å²) in [6.45, 7) is 0. The molecule has 0 saturated heterocycles. The van der Waals surface area contributed by atoms with Gasteiger partial charge >= 0.3 is 5.97 Å². The largest absolute Gasteiger partial charge is 0.507 e. The molecule has 4 N–H and O–H groups in total. The van der Waals surface area contributed by atoms with Crippen molar-refractivity contribution in [3.63, 3.8) is 0 Å². The van der Waals surface area contributed by atoms with Crippen molar-refractivity contribution >= 4 is 27.8 Å². The molecule has 1 aliphatic heterocycles. The van der Waals surface area contributed by atoms with Crippen molar-refractivity contribution in [1.29, 1.82) is 0 Å². The zero-order valence-electron chi connectivity index (χ0n) is 19.8. The summed E-state index contributed by atoms with van der Waals surface area (Å²) in [7, 11) is 1.61. The fraction of sp³-hybridized carbons (Fsp3) is 0.107. The van der Waals surface area contributed by atoms with E-state index >= 15 is 0 Å². The smallest absolute Gasteiger partial charge is 0.312 e. The van der Waals surface area contributed by atoms with Crippen LogP contribution in [0.4, 0.5) is 0 Å². The van der Waals surface area contributed by atoms with E-state index in [0.717, 1.165) is 23.6 Å². The fourth-order valence-electron chi connectivity index (χ4n) is 5.00. The number of nitrogens with zero attached hydrogens (tertiary/aromatic N) is 1. The normalized spacial score (nSPS) is 15.0. The molecule has 6 rings (SSSR count). The number of aromatic hydroxyl groups is 4. The van der Waals surface area contributed by atoms with Crippen molar-refractivity contribution in [2.45, 2.75) is 12.3 Å². The van der Waals surface area contributed by atoms with Gasteiger partial charge in [0.15, 0.2) is 17.3 Å². The van der Waals surface area contributed by atoms with Crippen LogP contribution in [0.1, 0.15) is 23.5 Å². The number of pyridine rings is 1. The average Bonchev–Trinajstić information content (AvgIpc) is 2.89. The molecule has 0 radical (unpaired) electrons. The van der Waals surface area contributed by atoms with Gasteiger partial charge in [-0.2, -0.15) is 0 Å². The second-order valence-electron chi connectivity index (χ2n) is 9.08. The van der Waals surface area contributed by atoms with Crippen LogP contribution >= 0.6 is 0 Å². The predicted molar refractivity (Wildman–Crippen MR) is 136 cm³/mol. The van der Waals surface area contributed by atoms with Crippen LogP contribution < -0.4 is 15.7 Å². The third-order valence-electron chi connectivity index (χ3n) is 6.84. The minimum Gasteiger partial charge on any atom is -0.507 e. The summed E-state index contributed by atoms with van der Waals surface area (Å²) >= 11 is 0. The van der Waals surface area contributed by atoms with Crippen LogP contribution in [-0.2, 0) is 11.8 Å². The van der Waals surface area contributed by atoms with Crippen molar-refractivity contribution in [2.24, 2.45) is 7.05 Å². The zero-order chi connectivity index (χ0) is 26.9. The number of carbonyl (C=O) groups excluding carboxylic acids is 1. The molecule has 1 aliphatic rings. The van der Waals surface area contributed by atoms with Gasteiger partial charge in [-0.25, -0.2) is 0 Å². The predicted octanol–water partition coefficient (Wildman–Crippen LogP) is 3.58. The summed E-state index contributed by atoms with van der Waals surface area (Å²) in [5.41, 5.74) is -0.391. The second-order valence-corrected chi connectivity index (χ2v) is 9.08.